The standard InChI is InChI=1S/C12H19NO2.C2H6/c1-5-9-7-12(11(14)15,13(3)4)8-10(9)6-2;1-2/h5-6H,7-8H2,1-4H3,(H,14,15);1-2H3/b9-5-,10-6-;. The summed E-state index contributed by atoms with van der Waals surface area (Å²) in [6.45, 7) is 7.93. The molecule has 1 aliphatic rings. The van der Waals surface area contributed by atoms with E-state index in [-0.39, 0.29) is 0 Å². The van der Waals surface area contributed by atoms with Gasteiger partial charge in [-0.2, -0.15) is 0 Å². The van der Waals surface area contributed by atoms with E-state index >= 15 is 0 Å². The van der Waals surface area contributed by atoms with Crippen molar-refractivity contribution in [3.63, 3.8) is 0 Å². The van der Waals surface area contributed by atoms with Crippen LogP contribution in [-0.4, -0.2) is 35.6 Å². The number of allylic oxidation sites excluding steroid dienone is 2. The lowest BCUT2D eigenvalue weighted by Gasteiger charge is -2.31. The van der Waals surface area contributed by atoms with Crippen LogP contribution in [0.5, 0.6) is 0 Å². The van der Waals surface area contributed by atoms with Gasteiger partial charge in [0, 0.05) is 12.8 Å². The van der Waals surface area contributed by atoms with Crippen LogP contribution in [0, 0.1) is 0 Å². The Kier molecular flexibility index (Phi) is 6.18. The average Bonchev–Trinajstić information content (AvgIpc) is 2.71. The highest BCUT2D eigenvalue weighted by Gasteiger charge is 2.47. The van der Waals surface area contributed by atoms with Crippen LogP contribution in [0.25, 0.3) is 0 Å². The summed E-state index contributed by atoms with van der Waals surface area (Å²) in [6, 6.07) is 0. The Labute approximate surface area is 105 Å². The minimum Gasteiger partial charge on any atom is -0.480 e. The summed E-state index contributed by atoms with van der Waals surface area (Å²) in [6.07, 6.45) is 5.24. The molecule has 0 spiro atoms. The Balaban J connectivity index is 0.00000121. The fraction of sp³-hybridized carbons (Fsp3) is 0.643. The zero-order valence-corrected chi connectivity index (χ0v) is 11.9. The smallest absolute Gasteiger partial charge is 0.324 e. The van der Waals surface area contributed by atoms with Crippen molar-refractivity contribution < 1.29 is 9.90 Å². The molecular formula is C14H25NO2. The van der Waals surface area contributed by atoms with Gasteiger partial charge in [0.05, 0.1) is 0 Å². The number of aliphatic carboxylic acids is 1. The summed E-state index contributed by atoms with van der Waals surface area (Å²) in [5, 5.41) is 9.36. The lowest BCUT2D eigenvalue weighted by molar-refractivity contribution is -0.149. The van der Waals surface area contributed by atoms with Crippen molar-refractivity contribution in [3.05, 3.63) is 23.3 Å². The molecule has 1 saturated carbocycles. The summed E-state index contributed by atoms with van der Waals surface area (Å²) in [7, 11) is 3.67. The third kappa shape index (κ3) is 2.97. The molecule has 1 aliphatic carbocycles. The number of carboxylic acid groups (broad SMARTS) is 1. The highest BCUT2D eigenvalue weighted by molar-refractivity contribution is 5.82. The van der Waals surface area contributed by atoms with E-state index in [9.17, 15) is 9.90 Å². The topological polar surface area (TPSA) is 40.5 Å². The van der Waals surface area contributed by atoms with Crippen LogP contribution in [0.2, 0.25) is 0 Å². The number of carbonyl (C=O) groups is 1. The second kappa shape index (κ2) is 6.60. The van der Waals surface area contributed by atoms with Gasteiger partial charge in [0.1, 0.15) is 5.54 Å². The first-order valence-corrected chi connectivity index (χ1v) is 6.19. The molecule has 0 amide bonds. The minimum absolute atomic E-state index is 0.603. The largest absolute Gasteiger partial charge is 0.480 e. The number of rotatable bonds is 2. The maximum Gasteiger partial charge on any atom is 0.324 e. The number of hydrogen-bond acceptors (Lipinski definition) is 2. The Bertz CT molecular complexity index is 307. The summed E-state index contributed by atoms with van der Waals surface area (Å²) in [5.74, 6) is -0.733. The number of carboxylic acids is 1. The van der Waals surface area contributed by atoms with Gasteiger partial charge in [-0.15, -0.1) is 0 Å². The van der Waals surface area contributed by atoms with E-state index in [0.29, 0.717) is 12.8 Å². The number of hydrogen-bond donors (Lipinski definition) is 1. The van der Waals surface area contributed by atoms with Gasteiger partial charge in [0.2, 0.25) is 0 Å². The number of nitrogens with zero attached hydrogens (tertiary/aromatic N) is 1. The highest BCUT2D eigenvalue weighted by Crippen LogP contribution is 2.41. The molecule has 0 atom stereocenters. The zero-order chi connectivity index (χ0) is 13.6. The van der Waals surface area contributed by atoms with Crippen molar-refractivity contribution in [2.75, 3.05) is 14.1 Å². The average molecular weight is 239 g/mol. The van der Waals surface area contributed by atoms with Crippen molar-refractivity contribution in [1.82, 2.24) is 4.90 Å². The van der Waals surface area contributed by atoms with Gasteiger partial charge in [-0.25, -0.2) is 0 Å². The normalized spacial score (nSPS) is 22.8. The Morgan fingerprint density at radius 2 is 1.53 bits per heavy atom. The molecule has 0 unspecified atom stereocenters. The molecule has 3 heteroatoms. The predicted octanol–water partition coefficient (Wildman–Crippen LogP) is 3.08. The van der Waals surface area contributed by atoms with Gasteiger partial charge < -0.3 is 5.11 Å². The second-order valence-electron chi connectivity index (χ2n) is 4.21. The van der Waals surface area contributed by atoms with Crippen molar-refractivity contribution in [1.29, 1.82) is 0 Å². The molecule has 1 N–H and O–H groups in total. The van der Waals surface area contributed by atoms with Gasteiger partial charge in [-0.3, -0.25) is 9.69 Å². The molecule has 0 heterocycles. The molecule has 0 aromatic carbocycles. The Morgan fingerprint density at radius 3 is 1.71 bits per heavy atom. The third-order valence-corrected chi connectivity index (χ3v) is 3.33. The van der Waals surface area contributed by atoms with Gasteiger partial charge in [-0.1, -0.05) is 26.0 Å². The van der Waals surface area contributed by atoms with E-state index in [0.717, 1.165) is 11.1 Å². The molecule has 0 radical (unpaired) electrons. The van der Waals surface area contributed by atoms with Crippen molar-refractivity contribution >= 4 is 5.97 Å². The van der Waals surface area contributed by atoms with Crippen molar-refractivity contribution in [3.8, 4) is 0 Å². The first-order valence-electron chi connectivity index (χ1n) is 6.19. The molecule has 0 aromatic heterocycles. The minimum atomic E-state index is -0.746. The fourth-order valence-corrected chi connectivity index (χ4v) is 2.15. The van der Waals surface area contributed by atoms with Gasteiger partial charge >= 0.3 is 5.97 Å². The van der Waals surface area contributed by atoms with Crippen LogP contribution >= 0.6 is 0 Å². The lowest BCUT2D eigenvalue weighted by atomic mass is 9.95. The lowest BCUT2D eigenvalue weighted by Crippen LogP contribution is -2.48. The first kappa shape index (κ1) is 15.9. The molecule has 1 fully saturated rings. The Hall–Kier alpha value is -1.09. The molecule has 0 aliphatic heterocycles. The van der Waals surface area contributed by atoms with Gasteiger partial charge in [-0.05, 0) is 39.1 Å². The maximum absolute atomic E-state index is 11.4. The second-order valence-corrected chi connectivity index (χ2v) is 4.21. The summed E-state index contributed by atoms with van der Waals surface area (Å²) in [4.78, 5) is 13.2. The van der Waals surface area contributed by atoms with Gasteiger partial charge in [0.25, 0.3) is 0 Å². The maximum atomic E-state index is 11.4. The SMILES string of the molecule is C/C=C1/CC(C(=O)O)(N(C)C)C/C1=C/C.CC. The van der Waals surface area contributed by atoms with Crippen LogP contribution in [0.1, 0.15) is 40.5 Å². The van der Waals surface area contributed by atoms with E-state index in [4.69, 9.17) is 0 Å². The summed E-state index contributed by atoms with van der Waals surface area (Å²) < 4.78 is 0. The molecule has 1 rings (SSSR count). The van der Waals surface area contributed by atoms with Gasteiger partial charge in [0.15, 0.2) is 0 Å². The molecular weight excluding hydrogens is 214 g/mol. The van der Waals surface area contributed by atoms with Crippen molar-refractivity contribution in [2.24, 2.45) is 0 Å². The zero-order valence-electron chi connectivity index (χ0n) is 11.9. The van der Waals surface area contributed by atoms with Crippen LogP contribution < -0.4 is 0 Å². The molecule has 98 valence electrons. The van der Waals surface area contributed by atoms with E-state index in [1.165, 1.54) is 0 Å². The van der Waals surface area contributed by atoms with E-state index in [1.54, 1.807) is 0 Å². The molecule has 3 nitrogen and oxygen atoms in total. The third-order valence-electron chi connectivity index (χ3n) is 3.33. The van der Waals surface area contributed by atoms with E-state index < -0.39 is 11.5 Å². The van der Waals surface area contributed by atoms with E-state index in [1.807, 2.05) is 58.8 Å². The molecule has 0 bridgehead atoms. The highest BCUT2D eigenvalue weighted by atomic mass is 16.4. The van der Waals surface area contributed by atoms with Crippen molar-refractivity contribution in [2.45, 2.75) is 46.1 Å². The van der Waals surface area contributed by atoms with Crippen LogP contribution in [0.15, 0.2) is 23.3 Å². The predicted molar refractivity (Wildman–Crippen MR) is 72.1 cm³/mol. The first-order chi connectivity index (χ1) is 7.97. The van der Waals surface area contributed by atoms with Crippen LogP contribution in [0.3, 0.4) is 0 Å². The van der Waals surface area contributed by atoms with Crippen LogP contribution in [-0.2, 0) is 4.79 Å². The summed E-state index contributed by atoms with van der Waals surface area (Å²) in [5.41, 5.74) is 1.58. The molecule has 17 heavy (non-hydrogen) atoms. The fourth-order valence-electron chi connectivity index (χ4n) is 2.15. The Morgan fingerprint density at radius 1 is 1.18 bits per heavy atom. The summed E-state index contributed by atoms with van der Waals surface area (Å²) >= 11 is 0. The van der Waals surface area contributed by atoms with Crippen LogP contribution in [0.4, 0.5) is 0 Å². The molecule has 0 saturated heterocycles. The number of likely N-dealkylation sites (N-methyl/N-ethyl adjacent to an activating group) is 1. The quantitative estimate of drug-likeness (QED) is 0.805. The molecule has 0 aromatic rings. The van der Waals surface area contributed by atoms with E-state index in [2.05, 4.69) is 0 Å². The monoisotopic (exact) mass is 239 g/mol.